The fraction of sp³-hybridized carbons (Fsp3) is 0.381. The molecule has 1 atom stereocenters. The van der Waals surface area contributed by atoms with Gasteiger partial charge in [0.15, 0.2) is 0 Å². The Hall–Kier alpha value is -2.81. The van der Waals surface area contributed by atoms with Crippen LogP contribution < -0.4 is 10.2 Å². The fourth-order valence-electron chi connectivity index (χ4n) is 3.65. The van der Waals surface area contributed by atoms with Crippen molar-refractivity contribution in [1.29, 1.82) is 0 Å². The second kappa shape index (κ2) is 9.34. The Labute approximate surface area is 178 Å². The third-order valence-corrected chi connectivity index (χ3v) is 6.15. The smallest absolute Gasteiger partial charge is 0.414 e. The summed E-state index contributed by atoms with van der Waals surface area (Å²) in [6.45, 7) is 2.45. The Bertz CT molecular complexity index is 912. The number of thioether (sulfide) groups is 1. The number of anilines is 1. The number of hydrogen-bond acceptors (Lipinski definition) is 6. The summed E-state index contributed by atoms with van der Waals surface area (Å²) in [4.78, 5) is 30.8. The summed E-state index contributed by atoms with van der Waals surface area (Å²) in [6, 6.07) is 4.68. The third-order valence-electron chi connectivity index (χ3n) is 5.20. The van der Waals surface area contributed by atoms with Crippen LogP contribution in [0, 0.1) is 5.82 Å². The zero-order valence-corrected chi connectivity index (χ0v) is 17.2. The molecule has 2 saturated heterocycles. The summed E-state index contributed by atoms with van der Waals surface area (Å²) >= 11 is 1.95. The highest BCUT2D eigenvalue weighted by Crippen LogP contribution is 2.28. The molecule has 1 aromatic carbocycles. The first-order valence-corrected chi connectivity index (χ1v) is 11.0. The highest BCUT2D eigenvalue weighted by molar-refractivity contribution is 7.99. The SMILES string of the molecule is O=CNC[C@H]1CN(c2ccc(C3=CN=C(N4CCSCC4)CC=C3)c(F)c2)C(=O)O1. The molecule has 3 aliphatic heterocycles. The molecule has 0 radical (unpaired) electrons. The number of cyclic esters (lactones) is 1. The Kier molecular flexibility index (Phi) is 6.37. The lowest BCUT2D eigenvalue weighted by Gasteiger charge is -2.28. The van der Waals surface area contributed by atoms with E-state index in [2.05, 4.69) is 15.2 Å². The Morgan fingerprint density at radius 3 is 2.93 bits per heavy atom. The second-order valence-corrected chi connectivity index (χ2v) is 8.37. The molecule has 0 spiro atoms. The Morgan fingerprint density at radius 2 is 2.17 bits per heavy atom. The van der Waals surface area contributed by atoms with Crippen LogP contribution in [0.2, 0.25) is 0 Å². The molecule has 3 heterocycles. The maximum absolute atomic E-state index is 14.9. The predicted molar refractivity (Wildman–Crippen MR) is 116 cm³/mol. The van der Waals surface area contributed by atoms with E-state index in [-0.39, 0.29) is 13.1 Å². The minimum absolute atomic E-state index is 0.222. The number of rotatable bonds is 5. The molecule has 0 bridgehead atoms. The molecule has 0 aromatic heterocycles. The van der Waals surface area contributed by atoms with Crippen LogP contribution >= 0.6 is 11.8 Å². The zero-order chi connectivity index (χ0) is 20.9. The van der Waals surface area contributed by atoms with E-state index in [9.17, 15) is 14.0 Å². The number of amidine groups is 1. The molecule has 4 rings (SSSR count). The van der Waals surface area contributed by atoms with Crippen molar-refractivity contribution in [2.24, 2.45) is 4.99 Å². The van der Waals surface area contributed by atoms with Gasteiger partial charge in [0, 0.05) is 48.4 Å². The molecule has 1 aromatic rings. The van der Waals surface area contributed by atoms with E-state index in [0.717, 1.165) is 36.9 Å². The number of carbonyl (C=O) groups is 2. The monoisotopic (exact) mass is 430 g/mol. The van der Waals surface area contributed by atoms with E-state index < -0.39 is 18.0 Å². The standard InChI is InChI=1S/C21H23FN4O3S/c22-19-10-16(26-13-17(12-23-14-27)29-21(26)28)4-5-18(19)15-2-1-3-20(24-11-15)25-6-8-30-9-7-25/h1-2,4-5,10-11,14,17H,3,6-9,12-13H2,(H,23,27)/t17-/m0/s1. The summed E-state index contributed by atoms with van der Waals surface area (Å²) in [5.74, 6) is 2.77. The molecule has 0 unspecified atom stereocenters. The van der Waals surface area contributed by atoms with Gasteiger partial charge in [0.25, 0.3) is 0 Å². The number of benzene rings is 1. The van der Waals surface area contributed by atoms with E-state index in [1.165, 1.54) is 11.0 Å². The van der Waals surface area contributed by atoms with Gasteiger partial charge < -0.3 is 15.0 Å². The van der Waals surface area contributed by atoms with Crippen LogP contribution in [0.4, 0.5) is 14.9 Å². The van der Waals surface area contributed by atoms with Crippen LogP contribution in [0.15, 0.2) is 41.5 Å². The zero-order valence-electron chi connectivity index (χ0n) is 16.4. The lowest BCUT2D eigenvalue weighted by Crippen LogP contribution is -2.37. The van der Waals surface area contributed by atoms with Crippen LogP contribution in [0.3, 0.4) is 0 Å². The van der Waals surface area contributed by atoms with Crippen molar-refractivity contribution >= 4 is 41.4 Å². The van der Waals surface area contributed by atoms with E-state index in [0.29, 0.717) is 23.2 Å². The average Bonchev–Trinajstić information content (AvgIpc) is 2.97. The van der Waals surface area contributed by atoms with Crippen LogP contribution in [0.1, 0.15) is 12.0 Å². The van der Waals surface area contributed by atoms with Gasteiger partial charge in [0.2, 0.25) is 6.41 Å². The summed E-state index contributed by atoms with van der Waals surface area (Å²) < 4.78 is 20.1. The van der Waals surface area contributed by atoms with Crippen LogP contribution in [-0.4, -0.2) is 67.0 Å². The van der Waals surface area contributed by atoms with E-state index in [1.807, 2.05) is 23.9 Å². The largest absolute Gasteiger partial charge is 0.442 e. The minimum Gasteiger partial charge on any atom is -0.442 e. The Morgan fingerprint density at radius 1 is 1.33 bits per heavy atom. The fourth-order valence-corrected chi connectivity index (χ4v) is 4.55. The van der Waals surface area contributed by atoms with Gasteiger partial charge >= 0.3 is 6.09 Å². The van der Waals surface area contributed by atoms with Crippen LogP contribution in [-0.2, 0) is 9.53 Å². The molecule has 0 saturated carbocycles. The number of ether oxygens (including phenoxy) is 1. The molecule has 7 nitrogen and oxygen atoms in total. The molecule has 2 amide bonds. The van der Waals surface area contributed by atoms with Crippen LogP contribution in [0.25, 0.3) is 5.57 Å². The van der Waals surface area contributed by atoms with Crippen molar-refractivity contribution < 1.29 is 18.7 Å². The molecular formula is C21H23FN4O3S. The highest BCUT2D eigenvalue weighted by atomic mass is 32.2. The predicted octanol–water partition coefficient (Wildman–Crippen LogP) is 2.65. The van der Waals surface area contributed by atoms with E-state index in [1.54, 1.807) is 18.3 Å². The number of nitrogens with one attached hydrogen (secondary N) is 1. The topological polar surface area (TPSA) is 74.2 Å². The molecule has 1 N–H and O–H groups in total. The summed E-state index contributed by atoms with van der Waals surface area (Å²) in [5, 5.41) is 2.49. The Balaban J connectivity index is 1.50. The lowest BCUT2D eigenvalue weighted by atomic mass is 10.0. The number of allylic oxidation sites excluding steroid dienone is 2. The summed E-state index contributed by atoms with van der Waals surface area (Å²) in [5.41, 5.74) is 1.54. The summed E-state index contributed by atoms with van der Waals surface area (Å²) in [7, 11) is 0. The molecule has 158 valence electrons. The van der Waals surface area contributed by atoms with Crippen molar-refractivity contribution in [3.05, 3.63) is 47.9 Å². The average molecular weight is 431 g/mol. The van der Waals surface area contributed by atoms with Gasteiger partial charge in [0.1, 0.15) is 17.8 Å². The summed E-state index contributed by atoms with van der Waals surface area (Å²) in [6.07, 6.45) is 5.87. The van der Waals surface area contributed by atoms with Crippen LogP contribution in [0.5, 0.6) is 0 Å². The molecule has 0 aliphatic carbocycles. The number of amides is 2. The van der Waals surface area contributed by atoms with Crippen molar-refractivity contribution in [1.82, 2.24) is 10.2 Å². The molecular weight excluding hydrogens is 407 g/mol. The van der Waals surface area contributed by atoms with Crippen molar-refractivity contribution in [3.63, 3.8) is 0 Å². The van der Waals surface area contributed by atoms with Crippen molar-refractivity contribution in [3.8, 4) is 0 Å². The number of nitrogens with zero attached hydrogens (tertiary/aromatic N) is 3. The first-order chi connectivity index (χ1) is 14.7. The van der Waals surface area contributed by atoms with E-state index in [4.69, 9.17) is 4.74 Å². The lowest BCUT2D eigenvalue weighted by molar-refractivity contribution is -0.109. The van der Waals surface area contributed by atoms with Gasteiger partial charge in [-0.05, 0) is 18.2 Å². The maximum Gasteiger partial charge on any atom is 0.414 e. The van der Waals surface area contributed by atoms with E-state index >= 15 is 0 Å². The molecule has 3 aliphatic rings. The second-order valence-electron chi connectivity index (χ2n) is 7.14. The van der Waals surface area contributed by atoms with Gasteiger partial charge in [-0.3, -0.25) is 9.69 Å². The molecule has 30 heavy (non-hydrogen) atoms. The maximum atomic E-state index is 14.9. The van der Waals surface area contributed by atoms with Gasteiger partial charge in [-0.15, -0.1) is 0 Å². The first-order valence-electron chi connectivity index (χ1n) is 9.87. The number of hydrogen-bond donors (Lipinski definition) is 1. The van der Waals surface area contributed by atoms with Gasteiger partial charge in [-0.1, -0.05) is 12.2 Å². The quantitative estimate of drug-likeness (QED) is 0.727. The molecule has 2 fully saturated rings. The minimum atomic E-state index is -0.553. The number of aliphatic imine (C=N–C) groups is 1. The normalized spacial score (nSPS) is 21.6. The highest BCUT2D eigenvalue weighted by Gasteiger charge is 2.32. The van der Waals surface area contributed by atoms with Gasteiger partial charge in [-0.25, -0.2) is 14.2 Å². The number of halogens is 1. The molecule has 9 heteroatoms. The van der Waals surface area contributed by atoms with Gasteiger partial charge in [0.05, 0.1) is 18.8 Å². The third kappa shape index (κ3) is 4.51. The first kappa shape index (κ1) is 20.5. The van der Waals surface area contributed by atoms with Gasteiger partial charge in [-0.2, -0.15) is 11.8 Å². The van der Waals surface area contributed by atoms with Crippen molar-refractivity contribution in [2.45, 2.75) is 12.5 Å². The number of carbonyl (C=O) groups excluding carboxylic acids is 2. The van der Waals surface area contributed by atoms with Crippen molar-refractivity contribution in [2.75, 3.05) is 42.6 Å².